The fourth-order valence-electron chi connectivity index (χ4n) is 3.60. The fraction of sp³-hybridized carbons (Fsp3) is 0.929. The highest BCUT2D eigenvalue weighted by Crippen LogP contribution is 2.40. The maximum absolute atomic E-state index is 12.2. The summed E-state index contributed by atoms with van der Waals surface area (Å²) in [5, 5.41) is 0. The normalized spacial score (nSPS) is 29.9. The van der Waals surface area contributed by atoms with E-state index in [9.17, 15) is 4.79 Å². The van der Waals surface area contributed by atoms with E-state index in [1.54, 1.807) is 7.11 Å². The second kappa shape index (κ2) is 5.38. The van der Waals surface area contributed by atoms with E-state index >= 15 is 0 Å². The van der Waals surface area contributed by atoms with Crippen LogP contribution in [0.1, 0.15) is 12.8 Å². The van der Waals surface area contributed by atoms with Gasteiger partial charge in [-0.05, 0) is 19.4 Å². The highest BCUT2D eigenvalue weighted by Gasteiger charge is 2.50. The van der Waals surface area contributed by atoms with Gasteiger partial charge in [0.25, 0.3) is 0 Å². The number of amides is 1. The van der Waals surface area contributed by atoms with Crippen LogP contribution in [0.5, 0.6) is 0 Å². The smallest absolute Gasteiger partial charge is 0.228 e. The van der Waals surface area contributed by atoms with Crippen molar-refractivity contribution in [1.29, 1.82) is 0 Å². The molecule has 0 aromatic heterocycles. The van der Waals surface area contributed by atoms with E-state index in [-0.39, 0.29) is 5.92 Å². The molecule has 0 radical (unpaired) electrons. The number of nitrogens with zero attached hydrogens (tertiary/aromatic N) is 2. The molecule has 3 aliphatic heterocycles. The van der Waals surface area contributed by atoms with Crippen molar-refractivity contribution in [2.24, 2.45) is 11.3 Å². The average Bonchev–Trinajstić information content (AvgIpc) is 3.03. The van der Waals surface area contributed by atoms with Crippen molar-refractivity contribution in [1.82, 2.24) is 9.80 Å². The minimum atomic E-state index is 0.128. The maximum atomic E-state index is 12.2. The van der Waals surface area contributed by atoms with Crippen LogP contribution in [-0.4, -0.2) is 75.4 Å². The molecule has 5 heteroatoms. The molecule has 0 unspecified atom stereocenters. The van der Waals surface area contributed by atoms with Crippen LogP contribution in [0.3, 0.4) is 0 Å². The maximum Gasteiger partial charge on any atom is 0.228 e. The highest BCUT2D eigenvalue weighted by atomic mass is 16.5. The van der Waals surface area contributed by atoms with E-state index in [0.29, 0.717) is 17.9 Å². The topological polar surface area (TPSA) is 42.0 Å². The van der Waals surface area contributed by atoms with Crippen LogP contribution in [0.15, 0.2) is 0 Å². The Morgan fingerprint density at radius 1 is 1.42 bits per heavy atom. The summed E-state index contributed by atoms with van der Waals surface area (Å²) in [6.45, 7) is 7.38. The third-order valence-electron chi connectivity index (χ3n) is 4.77. The zero-order valence-electron chi connectivity index (χ0n) is 11.8. The van der Waals surface area contributed by atoms with Crippen LogP contribution >= 0.6 is 0 Å². The molecule has 3 saturated heterocycles. The average molecular weight is 268 g/mol. The third-order valence-corrected chi connectivity index (χ3v) is 4.77. The number of ether oxygens (including phenoxy) is 2. The molecular formula is C14H24N2O3. The first kappa shape index (κ1) is 13.3. The molecule has 0 aliphatic carbocycles. The van der Waals surface area contributed by atoms with E-state index in [0.717, 1.165) is 52.4 Å². The number of methoxy groups -OCH3 is 1. The minimum absolute atomic E-state index is 0.128. The molecule has 19 heavy (non-hydrogen) atoms. The summed E-state index contributed by atoms with van der Waals surface area (Å²) in [5.41, 5.74) is 0.378. The third kappa shape index (κ3) is 2.64. The van der Waals surface area contributed by atoms with Gasteiger partial charge in [0.1, 0.15) is 0 Å². The van der Waals surface area contributed by atoms with Crippen LogP contribution in [0, 0.1) is 11.3 Å². The van der Waals surface area contributed by atoms with Crippen LogP contribution < -0.4 is 0 Å². The molecule has 0 N–H and O–H groups in total. The van der Waals surface area contributed by atoms with Crippen LogP contribution in [0.4, 0.5) is 0 Å². The summed E-state index contributed by atoms with van der Waals surface area (Å²) < 4.78 is 10.4. The zero-order valence-corrected chi connectivity index (χ0v) is 11.8. The molecule has 3 rings (SSSR count). The predicted octanol–water partition coefficient (Wildman–Crippen LogP) is 0.204. The van der Waals surface area contributed by atoms with E-state index in [1.165, 1.54) is 6.42 Å². The Morgan fingerprint density at radius 2 is 2.26 bits per heavy atom. The summed E-state index contributed by atoms with van der Waals surface area (Å²) in [4.78, 5) is 16.7. The van der Waals surface area contributed by atoms with Crippen LogP contribution in [0.25, 0.3) is 0 Å². The van der Waals surface area contributed by atoms with Crippen molar-refractivity contribution in [3.05, 3.63) is 0 Å². The molecule has 0 aromatic rings. The summed E-state index contributed by atoms with van der Waals surface area (Å²) >= 11 is 0. The largest absolute Gasteiger partial charge is 0.383 e. The van der Waals surface area contributed by atoms with Gasteiger partial charge in [0.15, 0.2) is 0 Å². The van der Waals surface area contributed by atoms with Gasteiger partial charge in [0.05, 0.1) is 19.1 Å². The zero-order chi connectivity index (χ0) is 13.3. The van der Waals surface area contributed by atoms with Crippen molar-refractivity contribution in [2.75, 3.05) is 59.7 Å². The standard InChI is InChI=1S/C14H24N2O3/c1-18-7-5-15-4-3-14(9-15)10-16(11-14)13(17)12-2-6-19-8-12/h12H,2-11H2,1H3/t12-/m1/s1. The SMILES string of the molecule is COCCN1CCC2(C1)CN(C(=O)[C@@H]1CCOC1)C2. The van der Waals surface area contributed by atoms with Gasteiger partial charge in [0, 0.05) is 45.3 Å². The van der Waals surface area contributed by atoms with Gasteiger partial charge in [-0.3, -0.25) is 4.79 Å². The Kier molecular flexibility index (Phi) is 3.78. The van der Waals surface area contributed by atoms with Gasteiger partial charge in [-0.1, -0.05) is 0 Å². The Bertz CT molecular complexity index is 336. The van der Waals surface area contributed by atoms with Gasteiger partial charge in [-0.15, -0.1) is 0 Å². The molecule has 3 fully saturated rings. The lowest BCUT2D eigenvalue weighted by molar-refractivity contribution is -0.147. The molecule has 1 amide bonds. The van der Waals surface area contributed by atoms with Gasteiger partial charge < -0.3 is 19.3 Å². The summed E-state index contributed by atoms with van der Waals surface area (Å²) in [7, 11) is 1.75. The number of hydrogen-bond acceptors (Lipinski definition) is 4. The first-order valence-electron chi connectivity index (χ1n) is 7.30. The number of rotatable bonds is 4. The molecule has 3 aliphatic rings. The lowest BCUT2D eigenvalue weighted by Gasteiger charge is -2.49. The summed E-state index contributed by atoms with van der Waals surface area (Å²) in [6, 6.07) is 0. The quantitative estimate of drug-likeness (QED) is 0.731. The van der Waals surface area contributed by atoms with Crippen molar-refractivity contribution >= 4 is 5.91 Å². The molecule has 1 spiro atoms. The Hall–Kier alpha value is -0.650. The van der Waals surface area contributed by atoms with Crippen molar-refractivity contribution in [3.8, 4) is 0 Å². The van der Waals surface area contributed by atoms with Crippen molar-refractivity contribution in [2.45, 2.75) is 12.8 Å². The van der Waals surface area contributed by atoms with Gasteiger partial charge in [0.2, 0.25) is 5.91 Å². The van der Waals surface area contributed by atoms with Crippen LogP contribution in [-0.2, 0) is 14.3 Å². The first-order chi connectivity index (χ1) is 9.22. The monoisotopic (exact) mass is 268 g/mol. The van der Waals surface area contributed by atoms with E-state index < -0.39 is 0 Å². The summed E-state index contributed by atoms with van der Waals surface area (Å²) in [5.74, 6) is 0.446. The second-order valence-electron chi connectivity index (χ2n) is 6.27. The Labute approximate surface area is 114 Å². The highest BCUT2D eigenvalue weighted by molar-refractivity contribution is 5.80. The van der Waals surface area contributed by atoms with E-state index in [2.05, 4.69) is 4.90 Å². The molecular weight excluding hydrogens is 244 g/mol. The Balaban J connectivity index is 1.45. The number of likely N-dealkylation sites (tertiary alicyclic amines) is 2. The van der Waals surface area contributed by atoms with Crippen LogP contribution in [0.2, 0.25) is 0 Å². The molecule has 3 heterocycles. The summed E-state index contributed by atoms with van der Waals surface area (Å²) in [6.07, 6.45) is 2.13. The van der Waals surface area contributed by atoms with E-state index in [1.807, 2.05) is 4.90 Å². The van der Waals surface area contributed by atoms with E-state index in [4.69, 9.17) is 9.47 Å². The second-order valence-corrected chi connectivity index (χ2v) is 6.27. The predicted molar refractivity (Wildman–Crippen MR) is 70.9 cm³/mol. The molecule has 5 nitrogen and oxygen atoms in total. The lowest BCUT2D eigenvalue weighted by atomic mass is 9.78. The fourth-order valence-corrected chi connectivity index (χ4v) is 3.60. The number of carbonyl (C=O) groups is 1. The molecule has 1 atom stereocenters. The molecule has 108 valence electrons. The van der Waals surface area contributed by atoms with Gasteiger partial charge >= 0.3 is 0 Å². The van der Waals surface area contributed by atoms with Crippen molar-refractivity contribution < 1.29 is 14.3 Å². The molecule has 0 saturated carbocycles. The lowest BCUT2D eigenvalue weighted by Crippen LogP contribution is -2.60. The molecule has 0 aromatic carbocycles. The number of carbonyl (C=O) groups excluding carboxylic acids is 1. The van der Waals surface area contributed by atoms with Gasteiger partial charge in [-0.2, -0.15) is 0 Å². The van der Waals surface area contributed by atoms with Crippen molar-refractivity contribution in [3.63, 3.8) is 0 Å². The Morgan fingerprint density at radius 3 is 2.95 bits per heavy atom. The number of hydrogen-bond donors (Lipinski definition) is 0. The van der Waals surface area contributed by atoms with Gasteiger partial charge in [-0.25, -0.2) is 0 Å². The first-order valence-corrected chi connectivity index (χ1v) is 7.30. The minimum Gasteiger partial charge on any atom is -0.383 e. The molecule has 0 bridgehead atoms.